The maximum atomic E-state index is 13.3. The van der Waals surface area contributed by atoms with Crippen LogP contribution in [0.5, 0.6) is 0 Å². The summed E-state index contributed by atoms with van der Waals surface area (Å²) >= 11 is 1.90. The molecule has 1 atom stereocenters. The van der Waals surface area contributed by atoms with Crippen LogP contribution in [0.1, 0.15) is 43.2 Å². The Bertz CT molecular complexity index is 1120. The number of hydrogen-bond donors (Lipinski definition) is 3. The molecular weight excluding hydrogens is 420 g/mol. The van der Waals surface area contributed by atoms with Crippen molar-refractivity contribution in [3.63, 3.8) is 0 Å². The number of para-hydroxylation sites is 1. The number of hydrogen-bond acceptors (Lipinski definition) is 5. The van der Waals surface area contributed by atoms with Crippen molar-refractivity contribution in [2.75, 3.05) is 16.4 Å². The topological polar surface area (TPSA) is 86.9 Å². The minimum atomic E-state index is -0.177. The number of anilines is 3. The lowest BCUT2D eigenvalue weighted by Gasteiger charge is -2.22. The number of nitrogens with zero attached hydrogens (tertiary/aromatic N) is 1. The number of carbonyl (C=O) groups excluding carboxylic acids is 2. The predicted octanol–water partition coefficient (Wildman–Crippen LogP) is 5.67. The van der Waals surface area contributed by atoms with E-state index in [1.165, 1.54) is 6.92 Å². The monoisotopic (exact) mass is 448 g/mol. The molecule has 6 nitrogen and oxygen atoms in total. The maximum absolute atomic E-state index is 13.3. The van der Waals surface area contributed by atoms with Crippen molar-refractivity contribution < 1.29 is 9.59 Å². The van der Waals surface area contributed by atoms with E-state index in [9.17, 15) is 9.59 Å². The fourth-order valence-electron chi connectivity index (χ4n) is 4.03. The summed E-state index contributed by atoms with van der Waals surface area (Å²) in [5.74, 6) is 1.76. The second kappa shape index (κ2) is 9.61. The van der Waals surface area contributed by atoms with Crippen LogP contribution in [0.15, 0.2) is 48.7 Å². The third-order valence-corrected chi connectivity index (χ3v) is 6.71. The first kappa shape index (κ1) is 22.1. The summed E-state index contributed by atoms with van der Waals surface area (Å²) in [6.45, 7) is 5.83. The second-order valence-corrected chi connectivity index (χ2v) is 10.0. The van der Waals surface area contributed by atoms with Gasteiger partial charge in [0.05, 0.1) is 16.9 Å². The fraction of sp³-hybridized carbons (Fsp3) is 0.320. The van der Waals surface area contributed by atoms with E-state index in [0.717, 1.165) is 46.1 Å². The van der Waals surface area contributed by atoms with Crippen molar-refractivity contribution >= 4 is 40.6 Å². The number of thioether (sulfide) groups is 1. The summed E-state index contributed by atoms with van der Waals surface area (Å²) in [4.78, 5) is 32.5. The number of Topliss-reactive ketones (excluding diaryl/α,β-unsaturated/α-hetero) is 1. The molecule has 0 fully saturated rings. The molecule has 4 rings (SSSR count). The standard InChI is InChI=1S/C25H28N4O2S/c1-15(2)32-14-17-11-20-23(21(31)12-17)25(28-19-7-5-4-6-8-19)24(29-20)18-9-10-26-22(13-18)27-16(3)30/h4-10,13,15,17,28-29H,11-12,14H2,1-3H3,(H,26,27,30). The molecule has 1 amide bonds. The lowest BCUT2D eigenvalue weighted by Crippen LogP contribution is -2.22. The average Bonchev–Trinajstić information content (AvgIpc) is 3.11. The van der Waals surface area contributed by atoms with Gasteiger partial charge in [-0.1, -0.05) is 32.0 Å². The highest BCUT2D eigenvalue weighted by Gasteiger charge is 2.32. The molecule has 0 aliphatic heterocycles. The Labute approximate surface area is 192 Å². The molecule has 1 aromatic carbocycles. The van der Waals surface area contributed by atoms with Crippen LogP contribution in [0.2, 0.25) is 0 Å². The van der Waals surface area contributed by atoms with E-state index in [1.807, 2.05) is 54.2 Å². The zero-order valence-corrected chi connectivity index (χ0v) is 19.4. The van der Waals surface area contributed by atoms with Gasteiger partial charge < -0.3 is 15.6 Å². The van der Waals surface area contributed by atoms with Gasteiger partial charge in [0, 0.05) is 36.5 Å². The van der Waals surface area contributed by atoms with Gasteiger partial charge in [-0.2, -0.15) is 11.8 Å². The van der Waals surface area contributed by atoms with Crippen molar-refractivity contribution in [2.24, 2.45) is 5.92 Å². The largest absolute Gasteiger partial charge is 0.356 e. The Morgan fingerprint density at radius 2 is 2.00 bits per heavy atom. The van der Waals surface area contributed by atoms with Crippen LogP contribution < -0.4 is 10.6 Å². The van der Waals surface area contributed by atoms with Crippen LogP contribution in [0.4, 0.5) is 17.2 Å². The Morgan fingerprint density at radius 1 is 1.22 bits per heavy atom. The van der Waals surface area contributed by atoms with Crippen LogP contribution in [-0.2, 0) is 11.2 Å². The zero-order valence-electron chi connectivity index (χ0n) is 18.6. The molecule has 0 saturated carbocycles. The average molecular weight is 449 g/mol. The number of pyridine rings is 1. The smallest absolute Gasteiger partial charge is 0.222 e. The van der Waals surface area contributed by atoms with E-state index >= 15 is 0 Å². The fourth-order valence-corrected chi connectivity index (χ4v) is 4.92. The van der Waals surface area contributed by atoms with Crippen LogP contribution in [0.3, 0.4) is 0 Å². The first-order valence-corrected chi connectivity index (χ1v) is 11.9. The van der Waals surface area contributed by atoms with Gasteiger partial charge in [0.2, 0.25) is 5.91 Å². The molecule has 166 valence electrons. The number of amides is 1. The van der Waals surface area contributed by atoms with Gasteiger partial charge in [0.15, 0.2) is 5.78 Å². The quantitative estimate of drug-likeness (QED) is 0.434. The third kappa shape index (κ3) is 5.05. The maximum Gasteiger partial charge on any atom is 0.222 e. The summed E-state index contributed by atoms with van der Waals surface area (Å²) in [6, 6.07) is 13.6. The number of H-pyrrole nitrogens is 1. The zero-order chi connectivity index (χ0) is 22.7. The third-order valence-electron chi connectivity index (χ3n) is 5.38. The number of carbonyl (C=O) groups is 2. The summed E-state index contributed by atoms with van der Waals surface area (Å²) in [5.41, 5.74) is 5.11. The molecule has 7 heteroatoms. The Balaban J connectivity index is 1.75. The van der Waals surface area contributed by atoms with Gasteiger partial charge in [-0.05, 0) is 47.6 Å². The van der Waals surface area contributed by atoms with Gasteiger partial charge >= 0.3 is 0 Å². The molecule has 0 radical (unpaired) electrons. The normalized spacial score (nSPS) is 15.5. The van der Waals surface area contributed by atoms with Crippen molar-refractivity contribution in [1.82, 2.24) is 9.97 Å². The summed E-state index contributed by atoms with van der Waals surface area (Å²) in [7, 11) is 0. The molecular formula is C25H28N4O2S. The minimum absolute atomic E-state index is 0.165. The number of ketones is 1. The molecule has 3 aromatic rings. The molecule has 1 aliphatic rings. The predicted molar refractivity (Wildman–Crippen MR) is 132 cm³/mol. The molecule has 2 heterocycles. The van der Waals surface area contributed by atoms with Crippen LogP contribution in [0, 0.1) is 5.92 Å². The number of fused-ring (bicyclic) bond motifs is 1. The molecule has 1 aliphatic carbocycles. The van der Waals surface area contributed by atoms with Crippen LogP contribution >= 0.6 is 11.8 Å². The van der Waals surface area contributed by atoms with E-state index in [-0.39, 0.29) is 11.7 Å². The van der Waals surface area contributed by atoms with Gasteiger partial charge in [-0.3, -0.25) is 9.59 Å². The van der Waals surface area contributed by atoms with E-state index < -0.39 is 0 Å². The van der Waals surface area contributed by atoms with Gasteiger partial charge in [0.25, 0.3) is 0 Å². The van der Waals surface area contributed by atoms with E-state index in [2.05, 4.69) is 34.4 Å². The molecule has 0 spiro atoms. The Morgan fingerprint density at radius 3 is 2.72 bits per heavy atom. The Hall–Kier alpha value is -3.06. The van der Waals surface area contributed by atoms with Gasteiger partial charge in [-0.25, -0.2) is 4.98 Å². The highest BCUT2D eigenvalue weighted by Crippen LogP contribution is 2.41. The number of aromatic amines is 1. The lowest BCUT2D eigenvalue weighted by atomic mass is 9.87. The number of nitrogens with one attached hydrogen (secondary N) is 3. The molecule has 2 aromatic heterocycles. The van der Waals surface area contributed by atoms with Crippen molar-refractivity contribution in [3.8, 4) is 11.3 Å². The first-order chi connectivity index (χ1) is 15.4. The molecule has 3 N–H and O–H groups in total. The highest BCUT2D eigenvalue weighted by atomic mass is 32.2. The minimum Gasteiger partial charge on any atom is -0.356 e. The Kier molecular flexibility index (Phi) is 6.65. The molecule has 0 bridgehead atoms. The van der Waals surface area contributed by atoms with Crippen LogP contribution in [0.25, 0.3) is 11.3 Å². The molecule has 1 unspecified atom stereocenters. The SMILES string of the molecule is CC(=O)Nc1cc(-c2[nH]c3c(c2Nc2ccccc2)C(=O)CC(CSC(C)C)C3)ccn1. The van der Waals surface area contributed by atoms with Crippen molar-refractivity contribution in [3.05, 3.63) is 59.9 Å². The number of benzene rings is 1. The first-order valence-electron chi connectivity index (χ1n) is 10.9. The summed E-state index contributed by atoms with van der Waals surface area (Å²) in [6.07, 6.45) is 3.06. The van der Waals surface area contributed by atoms with E-state index in [1.54, 1.807) is 6.20 Å². The number of aromatic nitrogens is 2. The highest BCUT2D eigenvalue weighted by molar-refractivity contribution is 7.99. The molecule has 32 heavy (non-hydrogen) atoms. The van der Waals surface area contributed by atoms with Crippen molar-refractivity contribution in [1.29, 1.82) is 0 Å². The van der Waals surface area contributed by atoms with Crippen LogP contribution in [-0.4, -0.2) is 32.7 Å². The summed E-state index contributed by atoms with van der Waals surface area (Å²) < 4.78 is 0. The van der Waals surface area contributed by atoms with E-state index in [4.69, 9.17) is 0 Å². The van der Waals surface area contributed by atoms with E-state index in [0.29, 0.717) is 23.4 Å². The lowest BCUT2D eigenvalue weighted by molar-refractivity contribution is -0.114. The summed E-state index contributed by atoms with van der Waals surface area (Å²) in [5, 5.41) is 6.75. The second-order valence-electron chi connectivity index (χ2n) is 8.41. The molecule has 0 saturated heterocycles. The van der Waals surface area contributed by atoms with Gasteiger partial charge in [-0.15, -0.1) is 0 Å². The van der Waals surface area contributed by atoms with Gasteiger partial charge in [0.1, 0.15) is 5.82 Å². The number of rotatable bonds is 7. The van der Waals surface area contributed by atoms with Crippen molar-refractivity contribution in [2.45, 2.75) is 38.9 Å².